The zero-order chi connectivity index (χ0) is 22.8. The average Bonchev–Trinajstić information content (AvgIpc) is 3.00. The second-order valence-electron chi connectivity index (χ2n) is 7.50. The number of hydrogen-bond acceptors (Lipinski definition) is 5. The van der Waals surface area contributed by atoms with Gasteiger partial charge in [0.05, 0.1) is 40.4 Å². The molecule has 1 unspecified atom stereocenters. The summed E-state index contributed by atoms with van der Waals surface area (Å²) in [7, 11) is 0. The predicted molar refractivity (Wildman–Crippen MR) is 121 cm³/mol. The van der Waals surface area contributed by atoms with Gasteiger partial charge in [-0.25, -0.2) is 0 Å². The minimum atomic E-state index is -0.574. The molecule has 7 nitrogen and oxygen atoms in total. The first-order chi connectivity index (χ1) is 15.4. The van der Waals surface area contributed by atoms with Crippen LogP contribution in [0.3, 0.4) is 0 Å². The molecule has 0 radical (unpaired) electrons. The first-order valence-corrected chi connectivity index (χ1v) is 11.2. The van der Waals surface area contributed by atoms with Crippen LogP contribution in [0.15, 0.2) is 36.4 Å². The highest BCUT2D eigenvalue weighted by molar-refractivity contribution is 6.43. The van der Waals surface area contributed by atoms with Gasteiger partial charge in [0, 0.05) is 24.7 Å². The van der Waals surface area contributed by atoms with Gasteiger partial charge in [-0.05, 0) is 23.8 Å². The van der Waals surface area contributed by atoms with Crippen molar-refractivity contribution < 1.29 is 19.1 Å². The Kier molecular flexibility index (Phi) is 7.02. The summed E-state index contributed by atoms with van der Waals surface area (Å²) < 4.78 is 5.44. The van der Waals surface area contributed by atoms with Gasteiger partial charge in [0.1, 0.15) is 6.54 Å². The van der Waals surface area contributed by atoms with Crippen LogP contribution in [0.2, 0.25) is 15.1 Å². The summed E-state index contributed by atoms with van der Waals surface area (Å²) in [6, 6.07) is 10.0. The number of nitrogens with one attached hydrogen (secondary N) is 1. The number of halogens is 3. The molecule has 1 N–H and O–H groups in total. The molecule has 2 aliphatic rings. The molecule has 2 aromatic rings. The molecular weight excluding hydrogens is 477 g/mol. The Morgan fingerprint density at radius 2 is 1.56 bits per heavy atom. The summed E-state index contributed by atoms with van der Waals surface area (Å²) in [6.07, 6.45) is 0. The molecule has 168 valence electrons. The summed E-state index contributed by atoms with van der Waals surface area (Å²) in [6.45, 7) is 2.45. The molecule has 0 bridgehead atoms. The molecule has 1 saturated heterocycles. The number of ether oxygens (including phenoxy) is 1. The standard InChI is InChI=1S/C22H20Cl3N3O4/c23-16-4-2-1-3-13(16)19(27-5-7-32-8-6-27)11-26-20(29)12-28-21(30)14-9-17(24)18(25)10-15(14)22(28)31/h1-4,9-10,19H,5-8,11-12H2,(H,26,29). The van der Waals surface area contributed by atoms with Crippen molar-refractivity contribution in [3.8, 4) is 0 Å². The van der Waals surface area contributed by atoms with E-state index in [4.69, 9.17) is 39.5 Å². The third kappa shape index (κ3) is 4.63. The number of amides is 3. The van der Waals surface area contributed by atoms with E-state index >= 15 is 0 Å². The number of hydrogen-bond donors (Lipinski definition) is 1. The minimum Gasteiger partial charge on any atom is -0.379 e. The topological polar surface area (TPSA) is 79.0 Å². The third-order valence-electron chi connectivity index (χ3n) is 5.56. The zero-order valence-corrected chi connectivity index (χ0v) is 19.2. The highest BCUT2D eigenvalue weighted by Gasteiger charge is 2.37. The summed E-state index contributed by atoms with van der Waals surface area (Å²) in [4.78, 5) is 41.1. The molecule has 2 aromatic carbocycles. The Bertz CT molecular complexity index is 1030. The van der Waals surface area contributed by atoms with Crippen molar-refractivity contribution >= 4 is 52.5 Å². The molecule has 1 atom stereocenters. The fraction of sp³-hybridized carbons (Fsp3) is 0.318. The van der Waals surface area contributed by atoms with Gasteiger partial charge >= 0.3 is 0 Å². The molecule has 0 aliphatic carbocycles. The Labute approximate surface area is 200 Å². The van der Waals surface area contributed by atoms with E-state index < -0.39 is 24.3 Å². The number of carbonyl (C=O) groups is 3. The number of morpholine rings is 1. The molecule has 0 aromatic heterocycles. The predicted octanol–water partition coefficient (Wildman–Crippen LogP) is 3.43. The van der Waals surface area contributed by atoms with Gasteiger partial charge in [0.15, 0.2) is 0 Å². The number of rotatable bonds is 6. The van der Waals surface area contributed by atoms with E-state index in [0.717, 1.165) is 10.5 Å². The van der Waals surface area contributed by atoms with Gasteiger partial charge in [-0.1, -0.05) is 53.0 Å². The maximum Gasteiger partial charge on any atom is 0.262 e. The van der Waals surface area contributed by atoms with Gasteiger partial charge in [-0.15, -0.1) is 0 Å². The lowest BCUT2D eigenvalue weighted by atomic mass is 10.0. The lowest BCUT2D eigenvalue weighted by Gasteiger charge is -2.35. The maximum absolute atomic E-state index is 12.7. The third-order valence-corrected chi connectivity index (χ3v) is 6.62. The van der Waals surface area contributed by atoms with E-state index in [-0.39, 0.29) is 33.8 Å². The van der Waals surface area contributed by atoms with Gasteiger partial charge in [0.25, 0.3) is 11.8 Å². The molecule has 2 heterocycles. The molecule has 2 aliphatic heterocycles. The Morgan fingerprint density at radius 3 is 2.16 bits per heavy atom. The Hall–Kier alpha value is -2.16. The zero-order valence-electron chi connectivity index (χ0n) is 16.9. The van der Waals surface area contributed by atoms with Crippen molar-refractivity contribution in [2.45, 2.75) is 6.04 Å². The number of nitrogens with zero attached hydrogens (tertiary/aromatic N) is 2. The van der Waals surface area contributed by atoms with Gasteiger partial charge in [0.2, 0.25) is 5.91 Å². The van der Waals surface area contributed by atoms with E-state index in [1.807, 2.05) is 18.2 Å². The van der Waals surface area contributed by atoms with Crippen LogP contribution in [-0.2, 0) is 9.53 Å². The molecule has 1 fully saturated rings. The summed E-state index contributed by atoms with van der Waals surface area (Å²) in [5.74, 6) is -1.61. The molecule has 4 rings (SSSR count). The molecule has 3 amide bonds. The molecule has 32 heavy (non-hydrogen) atoms. The normalized spacial score (nSPS) is 17.4. The summed E-state index contributed by atoms with van der Waals surface area (Å²) in [5.41, 5.74) is 1.17. The van der Waals surface area contributed by atoms with Gasteiger partial charge < -0.3 is 10.1 Å². The second-order valence-corrected chi connectivity index (χ2v) is 8.72. The number of carbonyl (C=O) groups excluding carboxylic acids is 3. The van der Waals surface area contributed by atoms with Crippen LogP contribution in [0.25, 0.3) is 0 Å². The van der Waals surface area contributed by atoms with E-state index in [0.29, 0.717) is 31.3 Å². The van der Waals surface area contributed by atoms with Crippen LogP contribution >= 0.6 is 34.8 Å². The molecular formula is C22H20Cl3N3O4. The van der Waals surface area contributed by atoms with Crippen LogP contribution in [0.4, 0.5) is 0 Å². The smallest absolute Gasteiger partial charge is 0.262 e. The van der Waals surface area contributed by atoms with E-state index in [2.05, 4.69) is 10.2 Å². The first-order valence-electron chi connectivity index (χ1n) is 10.0. The quantitative estimate of drug-likeness (QED) is 0.620. The fourth-order valence-electron chi connectivity index (χ4n) is 3.91. The largest absolute Gasteiger partial charge is 0.379 e. The van der Waals surface area contributed by atoms with Crippen LogP contribution < -0.4 is 5.32 Å². The fourth-order valence-corrected chi connectivity index (χ4v) is 4.50. The Morgan fingerprint density at radius 1 is 0.969 bits per heavy atom. The highest BCUT2D eigenvalue weighted by Crippen LogP contribution is 2.31. The van der Waals surface area contributed by atoms with Crippen molar-refractivity contribution in [2.24, 2.45) is 0 Å². The average molecular weight is 497 g/mol. The first kappa shape index (κ1) is 23.0. The van der Waals surface area contributed by atoms with E-state index in [9.17, 15) is 14.4 Å². The molecule has 10 heteroatoms. The van der Waals surface area contributed by atoms with E-state index in [1.165, 1.54) is 12.1 Å². The Balaban J connectivity index is 1.45. The van der Waals surface area contributed by atoms with Crippen molar-refractivity contribution in [1.82, 2.24) is 15.1 Å². The minimum absolute atomic E-state index is 0.138. The lowest BCUT2D eigenvalue weighted by molar-refractivity contribution is -0.121. The summed E-state index contributed by atoms with van der Waals surface area (Å²) >= 11 is 18.4. The SMILES string of the molecule is O=C(CN1C(=O)c2cc(Cl)c(Cl)cc2C1=O)NCC(c1ccccc1Cl)N1CCOCC1. The van der Waals surface area contributed by atoms with Crippen molar-refractivity contribution in [2.75, 3.05) is 39.4 Å². The molecule has 0 spiro atoms. The van der Waals surface area contributed by atoms with Crippen molar-refractivity contribution in [3.63, 3.8) is 0 Å². The lowest BCUT2D eigenvalue weighted by Crippen LogP contribution is -2.46. The van der Waals surface area contributed by atoms with E-state index in [1.54, 1.807) is 6.07 Å². The van der Waals surface area contributed by atoms with Crippen LogP contribution in [0.1, 0.15) is 32.3 Å². The van der Waals surface area contributed by atoms with Crippen molar-refractivity contribution in [1.29, 1.82) is 0 Å². The second kappa shape index (κ2) is 9.77. The highest BCUT2D eigenvalue weighted by atomic mass is 35.5. The number of imide groups is 1. The number of benzene rings is 2. The van der Waals surface area contributed by atoms with Crippen LogP contribution in [0.5, 0.6) is 0 Å². The van der Waals surface area contributed by atoms with Crippen LogP contribution in [0, 0.1) is 0 Å². The van der Waals surface area contributed by atoms with Gasteiger partial charge in [-0.3, -0.25) is 24.2 Å². The molecule has 0 saturated carbocycles. The van der Waals surface area contributed by atoms with Crippen molar-refractivity contribution in [3.05, 3.63) is 68.2 Å². The number of fused-ring (bicyclic) bond motifs is 1. The van der Waals surface area contributed by atoms with Gasteiger partial charge in [-0.2, -0.15) is 0 Å². The monoisotopic (exact) mass is 495 g/mol. The van der Waals surface area contributed by atoms with Crippen LogP contribution in [-0.4, -0.2) is 66.9 Å². The summed E-state index contributed by atoms with van der Waals surface area (Å²) in [5, 5.41) is 3.79. The maximum atomic E-state index is 12.7.